The molecule has 1 aliphatic rings. The van der Waals surface area contributed by atoms with Crippen LogP contribution in [-0.4, -0.2) is 42.0 Å². The van der Waals surface area contributed by atoms with E-state index in [0.29, 0.717) is 29.0 Å². The van der Waals surface area contributed by atoms with Gasteiger partial charge in [-0.15, -0.1) is 0 Å². The van der Waals surface area contributed by atoms with Gasteiger partial charge in [-0.3, -0.25) is 4.79 Å². The number of nitrogens with zero attached hydrogens (tertiary/aromatic N) is 2. The smallest absolute Gasteiger partial charge is 0.253 e. The number of amides is 1. The Morgan fingerprint density at radius 3 is 3.06 bits per heavy atom. The van der Waals surface area contributed by atoms with Gasteiger partial charge in [-0.2, -0.15) is 0 Å². The Morgan fingerprint density at radius 2 is 2.39 bits per heavy atom. The largest absolute Gasteiger partial charge is 0.384 e. The average molecular weight is 269 g/mol. The van der Waals surface area contributed by atoms with Gasteiger partial charge in [-0.05, 0) is 26.0 Å². The third kappa shape index (κ3) is 3.34. The number of nitrogens with one attached hydrogen (secondary N) is 1. The number of rotatable bonds is 5. The topological polar surface area (TPSA) is 71.2 Å². The lowest BCUT2D eigenvalue weighted by molar-refractivity contribution is 0.0949. The predicted octanol–water partition coefficient (Wildman–Crippen LogP) is 1.14. The standard InChI is InChI=1S/C12H17ClN4O/c1-17(8-2-3-8)5-4-15-12(18)9-6-11(14)16-7-10(9)13/h6-8H,2-5H2,1H3,(H2,14,16)(H,15,18). The minimum atomic E-state index is -0.210. The molecule has 0 aliphatic heterocycles. The first-order chi connectivity index (χ1) is 8.58. The molecule has 0 spiro atoms. The van der Waals surface area contributed by atoms with Crippen LogP contribution >= 0.6 is 11.6 Å². The molecule has 98 valence electrons. The highest BCUT2D eigenvalue weighted by Gasteiger charge is 2.25. The van der Waals surface area contributed by atoms with Crippen LogP contribution in [0.4, 0.5) is 5.82 Å². The van der Waals surface area contributed by atoms with E-state index in [1.165, 1.54) is 25.1 Å². The van der Waals surface area contributed by atoms with Gasteiger partial charge in [0.15, 0.2) is 0 Å². The van der Waals surface area contributed by atoms with Crippen molar-refractivity contribution in [3.8, 4) is 0 Å². The maximum absolute atomic E-state index is 11.9. The number of aromatic nitrogens is 1. The summed E-state index contributed by atoms with van der Waals surface area (Å²) in [5.41, 5.74) is 5.91. The summed E-state index contributed by atoms with van der Waals surface area (Å²) in [5.74, 6) is 0.0814. The molecule has 0 saturated heterocycles. The molecule has 6 heteroatoms. The van der Waals surface area contributed by atoms with Crippen LogP contribution in [-0.2, 0) is 0 Å². The minimum absolute atomic E-state index is 0.210. The van der Waals surface area contributed by atoms with Crippen molar-refractivity contribution in [3.63, 3.8) is 0 Å². The SMILES string of the molecule is CN(CCNC(=O)c1cc(N)ncc1Cl)C1CC1. The monoisotopic (exact) mass is 268 g/mol. The zero-order valence-electron chi connectivity index (χ0n) is 10.3. The second-order valence-corrected chi connectivity index (χ2v) is 4.96. The third-order valence-electron chi connectivity index (χ3n) is 3.04. The Labute approximate surface area is 111 Å². The normalized spacial score (nSPS) is 14.8. The third-order valence-corrected chi connectivity index (χ3v) is 3.34. The summed E-state index contributed by atoms with van der Waals surface area (Å²) in [4.78, 5) is 18.0. The van der Waals surface area contributed by atoms with Crippen LogP contribution in [0.5, 0.6) is 0 Å². The molecule has 0 radical (unpaired) electrons. The van der Waals surface area contributed by atoms with Gasteiger partial charge in [0, 0.05) is 25.3 Å². The molecule has 18 heavy (non-hydrogen) atoms. The summed E-state index contributed by atoms with van der Waals surface area (Å²) in [7, 11) is 2.07. The van der Waals surface area contributed by atoms with Crippen LogP contribution in [0.3, 0.4) is 0 Å². The molecule has 2 rings (SSSR count). The zero-order valence-corrected chi connectivity index (χ0v) is 11.1. The number of pyridine rings is 1. The van der Waals surface area contributed by atoms with Crippen molar-refractivity contribution in [2.24, 2.45) is 0 Å². The molecule has 5 nitrogen and oxygen atoms in total. The first-order valence-corrected chi connectivity index (χ1v) is 6.35. The van der Waals surface area contributed by atoms with Crippen molar-refractivity contribution >= 4 is 23.3 Å². The van der Waals surface area contributed by atoms with E-state index in [9.17, 15) is 4.79 Å². The number of nitrogen functional groups attached to an aromatic ring is 1. The first-order valence-electron chi connectivity index (χ1n) is 5.97. The summed E-state index contributed by atoms with van der Waals surface area (Å²) in [6.45, 7) is 1.44. The van der Waals surface area contributed by atoms with Crippen LogP contribution in [0.2, 0.25) is 5.02 Å². The molecule has 0 atom stereocenters. The molecular weight excluding hydrogens is 252 g/mol. The minimum Gasteiger partial charge on any atom is -0.384 e. The molecular formula is C12H17ClN4O. The molecule has 1 heterocycles. The quantitative estimate of drug-likeness (QED) is 0.840. The predicted molar refractivity (Wildman–Crippen MR) is 71.6 cm³/mol. The van der Waals surface area contributed by atoms with E-state index in [1.807, 2.05) is 0 Å². The Kier molecular flexibility index (Phi) is 4.04. The highest BCUT2D eigenvalue weighted by atomic mass is 35.5. The van der Waals surface area contributed by atoms with E-state index in [1.54, 1.807) is 0 Å². The fourth-order valence-electron chi connectivity index (χ4n) is 1.77. The summed E-state index contributed by atoms with van der Waals surface area (Å²) in [5, 5.41) is 3.15. The highest BCUT2D eigenvalue weighted by Crippen LogP contribution is 2.24. The number of anilines is 1. The van der Waals surface area contributed by atoms with Crippen molar-refractivity contribution in [2.45, 2.75) is 18.9 Å². The van der Waals surface area contributed by atoms with E-state index in [2.05, 4.69) is 22.2 Å². The maximum atomic E-state index is 11.9. The summed E-state index contributed by atoms with van der Waals surface area (Å²) < 4.78 is 0. The van der Waals surface area contributed by atoms with Crippen LogP contribution in [0.15, 0.2) is 12.3 Å². The molecule has 1 aliphatic carbocycles. The van der Waals surface area contributed by atoms with E-state index in [4.69, 9.17) is 17.3 Å². The van der Waals surface area contributed by atoms with Gasteiger partial charge in [-0.25, -0.2) is 4.98 Å². The maximum Gasteiger partial charge on any atom is 0.253 e. The molecule has 0 aromatic carbocycles. The number of carbonyl (C=O) groups excluding carboxylic acids is 1. The first kappa shape index (κ1) is 13.1. The lowest BCUT2D eigenvalue weighted by Gasteiger charge is -2.15. The van der Waals surface area contributed by atoms with Gasteiger partial charge < -0.3 is 16.0 Å². The van der Waals surface area contributed by atoms with Gasteiger partial charge in [0.05, 0.1) is 10.6 Å². The number of halogens is 1. The fourth-order valence-corrected chi connectivity index (χ4v) is 1.96. The van der Waals surface area contributed by atoms with Crippen molar-refractivity contribution in [3.05, 3.63) is 22.8 Å². The second-order valence-electron chi connectivity index (χ2n) is 4.56. The van der Waals surface area contributed by atoms with Crippen LogP contribution in [0.25, 0.3) is 0 Å². The molecule has 1 amide bonds. The number of carbonyl (C=O) groups is 1. The fraction of sp³-hybridized carbons (Fsp3) is 0.500. The van der Waals surface area contributed by atoms with Crippen molar-refractivity contribution in [1.29, 1.82) is 0 Å². The average Bonchev–Trinajstić information content (AvgIpc) is 3.16. The van der Waals surface area contributed by atoms with E-state index >= 15 is 0 Å². The van der Waals surface area contributed by atoms with E-state index in [0.717, 1.165) is 6.54 Å². The Hall–Kier alpha value is -1.33. The summed E-state index contributed by atoms with van der Waals surface area (Å²) in [6, 6.07) is 2.18. The van der Waals surface area contributed by atoms with Crippen LogP contribution in [0, 0.1) is 0 Å². The lowest BCUT2D eigenvalue weighted by atomic mass is 10.2. The summed E-state index contributed by atoms with van der Waals surface area (Å²) in [6.07, 6.45) is 3.91. The van der Waals surface area contributed by atoms with Gasteiger partial charge >= 0.3 is 0 Å². The lowest BCUT2D eigenvalue weighted by Crippen LogP contribution is -2.34. The van der Waals surface area contributed by atoms with Crippen LogP contribution < -0.4 is 11.1 Å². The van der Waals surface area contributed by atoms with Gasteiger partial charge in [0.1, 0.15) is 5.82 Å². The van der Waals surface area contributed by atoms with Crippen molar-refractivity contribution in [1.82, 2.24) is 15.2 Å². The van der Waals surface area contributed by atoms with Gasteiger partial charge in [0.25, 0.3) is 5.91 Å². The van der Waals surface area contributed by atoms with Gasteiger partial charge in [0.2, 0.25) is 0 Å². The van der Waals surface area contributed by atoms with Crippen LogP contribution in [0.1, 0.15) is 23.2 Å². The number of likely N-dealkylation sites (N-methyl/N-ethyl adjacent to an activating group) is 1. The molecule has 0 unspecified atom stereocenters. The van der Waals surface area contributed by atoms with Gasteiger partial charge in [-0.1, -0.05) is 11.6 Å². The number of nitrogens with two attached hydrogens (primary N) is 1. The molecule has 3 N–H and O–H groups in total. The second kappa shape index (κ2) is 5.54. The molecule has 1 aromatic heterocycles. The Morgan fingerprint density at radius 1 is 1.67 bits per heavy atom. The van der Waals surface area contributed by atoms with Crippen molar-refractivity contribution < 1.29 is 4.79 Å². The summed E-state index contributed by atoms with van der Waals surface area (Å²) >= 11 is 5.90. The molecule has 1 saturated carbocycles. The highest BCUT2D eigenvalue weighted by molar-refractivity contribution is 6.33. The Bertz CT molecular complexity index is 448. The molecule has 1 aromatic rings. The molecule has 1 fully saturated rings. The number of hydrogen-bond donors (Lipinski definition) is 2. The van der Waals surface area contributed by atoms with Crippen molar-refractivity contribution in [2.75, 3.05) is 25.9 Å². The molecule has 0 bridgehead atoms. The Balaban J connectivity index is 1.85. The zero-order chi connectivity index (χ0) is 13.1. The van der Waals surface area contributed by atoms with E-state index < -0.39 is 0 Å². The number of hydrogen-bond acceptors (Lipinski definition) is 4. The van der Waals surface area contributed by atoms with E-state index in [-0.39, 0.29) is 5.91 Å².